The number of rotatable bonds is 4. The molecule has 1 N–H and O–H groups in total. The van der Waals surface area contributed by atoms with E-state index in [-0.39, 0.29) is 6.10 Å². The van der Waals surface area contributed by atoms with Gasteiger partial charge in [0.1, 0.15) is 0 Å². The monoisotopic (exact) mass is 239 g/mol. The van der Waals surface area contributed by atoms with E-state index in [0.29, 0.717) is 24.9 Å². The lowest BCUT2D eigenvalue weighted by atomic mass is 10.1. The highest BCUT2D eigenvalue weighted by atomic mass is 16.5. The maximum absolute atomic E-state index is 9.57. The molecule has 5 heteroatoms. The van der Waals surface area contributed by atoms with Gasteiger partial charge < -0.3 is 9.63 Å². The van der Waals surface area contributed by atoms with Crippen molar-refractivity contribution in [2.75, 3.05) is 13.1 Å². The molecule has 96 valence electrons. The van der Waals surface area contributed by atoms with Crippen LogP contribution in [0.25, 0.3) is 0 Å². The number of likely N-dealkylation sites (tertiary alicyclic amines) is 1. The zero-order chi connectivity index (χ0) is 12.3. The van der Waals surface area contributed by atoms with Crippen LogP contribution in [0.15, 0.2) is 4.52 Å². The van der Waals surface area contributed by atoms with Gasteiger partial charge in [-0.2, -0.15) is 4.98 Å². The molecule has 2 rings (SSSR count). The van der Waals surface area contributed by atoms with Crippen molar-refractivity contribution in [2.45, 2.75) is 45.8 Å². The third kappa shape index (κ3) is 3.78. The molecule has 1 unspecified atom stereocenters. The zero-order valence-electron chi connectivity index (χ0n) is 10.6. The minimum Gasteiger partial charge on any atom is -0.392 e. The van der Waals surface area contributed by atoms with Crippen molar-refractivity contribution in [2.24, 2.45) is 5.92 Å². The van der Waals surface area contributed by atoms with E-state index in [1.807, 2.05) is 0 Å². The summed E-state index contributed by atoms with van der Waals surface area (Å²) in [5.41, 5.74) is 0. The van der Waals surface area contributed by atoms with Gasteiger partial charge in [-0.25, -0.2) is 0 Å². The van der Waals surface area contributed by atoms with Crippen LogP contribution in [0.2, 0.25) is 0 Å². The van der Waals surface area contributed by atoms with E-state index >= 15 is 0 Å². The maximum atomic E-state index is 9.57. The Morgan fingerprint density at radius 3 is 3.06 bits per heavy atom. The first-order valence-corrected chi connectivity index (χ1v) is 6.35. The molecule has 1 saturated heterocycles. The lowest BCUT2D eigenvalue weighted by Gasteiger charge is -2.28. The fraction of sp³-hybridized carbons (Fsp3) is 0.833. The summed E-state index contributed by atoms with van der Waals surface area (Å²) in [6, 6.07) is 0. The second kappa shape index (κ2) is 5.60. The summed E-state index contributed by atoms with van der Waals surface area (Å²) >= 11 is 0. The first kappa shape index (κ1) is 12.5. The molecule has 0 saturated carbocycles. The average Bonchev–Trinajstić information content (AvgIpc) is 2.64. The van der Waals surface area contributed by atoms with E-state index in [1.54, 1.807) is 0 Å². The van der Waals surface area contributed by atoms with Crippen LogP contribution in [0.3, 0.4) is 0 Å². The van der Waals surface area contributed by atoms with Gasteiger partial charge in [-0.15, -0.1) is 0 Å². The van der Waals surface area contributed by atoms with Crippen LogP contribution in [0.5, 0.6) is 0 Å². The summed E-state index contributed by atoms with van der Waals surface area (Å²) in [6.07, 6.45) is 2.58. The Morgan fingerprint density at radius 1 is 1.53 bits per heavy atom. The molecule has 0 spiro atoms. The van der Waals surface area contributed by atoms with Crippen LogP contribution in [0, 0.1) is 5.92 Å². The predicted octanol–water partition coefficient (Wildman–Crippen LogP) is 1.22. The van der Waals surface area contributed by atoms with Crippen molar-refractivity contribution < 1.29 is 9.63 Å². The van der Waals surface area contributed by atoms with Crippen LogP contribution in [-0.2, 0) is 13.0 Å². The average molecular weight is 239 g/mol. The lowest BCUT2D eigenvalue weighted by molar-refractivity contribution is 0.0613. The second-order valence-electron chi connectivity index (χ2n) is 5.23. The molecule has 1 aliphatic rings. The summed E-state index contributed by atoms with van der Waals surface area (Å²) in [5.74, 6) is 1.99. The fourth-order valence-electron chi connectivity index (χ4n) is 2.17. The van der Waals surface area contributed by atoms with Crippen molar-refractivity contribution in [1.82, 2.24) is 15.0 Å². The first-order chi connectivity index (χ1) is 8.13. The van der Waals surface area contributed by atoms with Crippen molar-refractivity contribution in [3.05, 3.63) is 11.7 Å². The number of hydrogen-bond donors (Lipinski definition) is 1. The van der Waals surface area contributed by atoms with Crippen molar-refractivity contribution >= 4 is 0 Å². The van der Waals surface area contributed by atoms with Gasteiger partial charge in [-0.1, -0.05) is 19.0 Å². The molecule has 1 aromatic rings. The molecular formula is C12H21N3O2. The molecule has 0 bridgehead atoms. The molecular weight excluding hydrogens is 218 g/mol. The van der Waals surface area contributed by atoms with E-state index < -0.39 is 0 Å². The fourth-order valence-corrected chi connectivity index (χ4v) is 2.17. The largest absolute Gasteiger partial charge is 0.392 e. The zero-order valence-corrected chi connectivity index (χ0v) is 10.6. The van der Waals surface area contributed by atoms with E-state index in [4.69, 9.17) is 4.52 Å². The van der Waals surface area contributed by atoms with Gasteiger partial charge in [0.25, 0.3) is 0 Å². The molecule has 0 amide bonds. The summed E-state index contributed by atoms with van der Waals surface area (Å²) in [4.78, 5) is 6.54. The topological polar surface area (TPSA) is 62.4 Å². The Labute approximate surface area is 102 Å². The molecule has 1 atom stereocenters. The van der Waals surface area contributed by atoms with Crippen LogP contribution < -0.4 is 0 Å². The number of piperidine rings is 1. The molecule has 0 radical (unpaired) electrons. The van der Waals surface area contributed by atoms with Gasteiger partial charge >= 0.3 is 0 Å². The quantitative estimate of drug-likeness (QED) is 0.856. The Morgan fingerprint density at radius 2 is 2.35 bits per heavy atom. The SMILES string of the molecule is CC(C)Cc1noc(CN2CCCC(O)C2)n1. The Hall–Kier alpha value is -0.940. The molecule has 5 nitrogen and oxygen atoms in total. The number of aliphatic hydroxyl groups excluding tert-OH is 1. The standard InChI is InChI=1S/C12H21N3O2/c1-9(2)6-11-13-12(17-14-11)8-15-5-3-4-10(16)7-15/h9-10,16H,3-8H2,1-2H3. The third-order valence-corrected chi connectivity index (χ3v) is 2.94. The van der Waals surface area contributed by atoms with Crippen molar-refractivity contribution in [1.29, 1.82) is 0 Å². The third-order valence-electron chi connectivity index (χ3n) is 2.94. The molecule has 1 fully saturated rings. The van der Waals surface area contributed by atoms with Crippen molar-refractivity contribution in [3.63, 3.8) is 0 Å². The van der Waals surface area contributed by atoms with Gasteiger partial charge in [-0.05, 0) is 25.3 Å². The smallest absolute Gasteiger partial charge is 0.240 e. The van der Waals surface area contributed by atoms with Crippen LogP contribution in [-0.4, -0.2) is 39.3 Å². The predicted molar refractivity (Wildman–Crippen MR) is 63.4 cm³/mol. The minimum atomic E-state index is -0.207. The highest BCUT2D eigenvalue weighted by Crippen LogP contribution is 2.13. The summed E-state index contributed by atoms with van der Waals surface area (Å²) < 4.78 is 5.22. The number of β-amino-alcohol motifs (C(OH)–C–C–N with tert-alkyl or cyclic N) is 1. The Kier molecular flexibility index (Phi) is 4.12. The highest BCUT2D eigenvalue weighted by molar-refractivity contribution is 4.88. The number of aromatic nitrogens is 2. The van der Waals surface area contributed by atoms with Crippen LogP contribution in [0.4, 0.5) is 0 Å². The maximum Gasteiger partial charge on any atom is 0.240 e. The molecule has 0 aromatic carbocycles. The number of aliphatic hydroxyl groups is 1. The normalized spacial score (nSPS) is 22.2. The van der Waals surface area contributed by atoms with Gasteiger partial charge in [0.15, 0.2) is 5.82 Å². The second-order valence-corrected chi connectivity index (χ2v) is 5.23. The lowest BCUT2D eigenvalue weighted by Crippen LogP contribution is -2.37. The number of hydrogen-bond acceptors (Lipinski definition) is 5. The van der Waals surface area contributed by atoms with E-state index in [9.17, 15) is 5.11 Å². The molecule has 2 heterocycles. The first-order valence-electron chi connectivity index (χ1n) is 6.35. The molecule has 17 heavy (non-hydrogen) atoms. The van der Waals surface area contributed by atoms with Crippen molar-refractivity contribution in [3.8, 4) is 0 Å². The Balaban J connectivity index is 1.87. The highest BCUT2D eigenvalue weighted by Gasteiger charge is 2.19. The van der Waals surface area contributed by atoms with Gasteiger partial charge in [0.2, 0.25) is 5.89 Å². The van der Waals surface area contributed by atoms with Gasteiger partial charge in [0, 0.05) is 13.0 Å². The summed E-state index contributed by atoms with van der Waals surface area (Å²) in [5, 5.41) is 13.5. The van der Waals surface area contributed by atoms with Crippen LogP contribution in [0.1, 0.15) is 38.4 Å². The molecule has 1 aliphatic heterocycles. The molecule has 1 aromatic heterocycles. The Bertz CT molecular complexity index is 351. The van der Waals surface area contributed by atoms with Gasteiger partial charge in [0.05, 0.1) is 12.6 Å². The minimum absolute atomic E-state index is 0.207. The summed E-state index contributed by atoms with van der Waals surface area (Å²) in [7, 11) is 0. The van der Waals surface area contributed by atoms with E-state index in [0.717, 1.165) is 31.6 Å². The van der Waals surface area contributed by atoms with E-state index in [1.165, 1.54) is 0 Å². The van der Waals surface area contributed by atoms with Gasteiger partial charge in [-0.3, -0.25) is 4.90 Å². The number of nitrogens with zero attached hydrogens (tertiary/aromatic N) is 3. The molecule has 0 aliphatic carbocycles. The summed E-state index contributed by atoms with van der Waals surface area (Å²) in [6.45, 7) is 6.64. The van der Waals surface area contributed by atoms with Crippen LogP contribution >= 0.6 is 0 Å². The van der Waals surface area contributed by atoms with E-state index in [2.05, 4.69) is 28.9 Å².